The standard InChI is InChI=1S/C12H17ClFNO.ClH/c1-3-4-9(16)12(15)10-8(14)6-5-7(2)11(10)13;/h5-6,9,12,16H,3-4,15H2,1-2H3;1H/t9-,12-;/m1./s1. The number of rotatable bonds is 4. The molecule has 0 radical (unpaired) electrons. The highest BCUT2D eigenvalue weighted by Gasteiger charge is 2.22. The van der Waals surface area contributed by atoms with E-state index in [1.54, 1.807) is 13.0 Å². The molecule has 0 unspecified atom stereocenters. The van der Waals surface area contributed by atoms with E-state index in [2.05, 4.69) is 0 Å². The third kappa shape index (κ3) is 3.81. The van der Waals surface area contributed by atoms with Crippen LogP contribution in [0.15, 0.2) is 12.1 Å². The van der Waals surface area contributed by atoms with Gasteiger partial charge in [-0.25, -0.2) is 4.39 Å². The van der Waals surface area contributed by atoms with Crippen molar-refractivity contribution in [3.8, 4) is 0 Å². The minimum absolute atomic E-state index is 0. The van der Waals surface area contributed by atoms with E-state index >= 15 is 0 Å². The van der Waals surface area contributed by atoms with Crippen molar-refractivity contribution < 1.29 is 9.50 Å². The SMILES string of the molecule is CCC[C@@H](O)[C@@H](N)c1c(F)ccc(C)c1Cl.Cl. The number of nitrogens with two attached hydrogens (primary N) is 1. The van der Waals surface area contributed by atoms with Crippen LogP contribution >= 0.6 is 24.0 Å². The van der Waals surface area contributed by atoms with Gasteiger partial charge in [0.15, 0.2) is 0 Å². The van der Waals surface area contributed by atoms with E-state index in [1.807, 2.05) is 6.92 Å². The van der Waals surface area contributed by atoms with Crippen LogP contribution in [0.5, 0.6) is 0 Å². The number of aliphatic hydroxyl groups excluding tert-OH is 1. The molecular weight excluding hydrogens is 264 g/mol. The Morgan fingerprint density at radius 2 is 2.06 bits per heavy atom. The van der Waals surface area contributed by atoms with E-state index in [1.165, 1.54) is 6.07 Å². The molecule has 0 aliphatic heterocycles. The van der Waals surface area contributed by atoms with Gasteiger partial charge in [0.1, 0.15) is 5.82 Å². The van der Waals surface area contributed by atoms with Crippen molar-refractivity contribution in [2.45, 2.75) is 38.8 Å². The Labute approximate surface area is 112 Å². The summed E-state index contributed by atoms with van der Waals surface area (Å²) >= 11 is 6.01. The van der Waals surface area contributed by atoms with E-state index in [0.29, 0.717) is 11.4 Å². The van der Waals surface area contributed by atoms with E-state index in [9.17, 15) is 9.50 Å². The first-order chi connectivity index (χ1) is 7.49. The zero-order chi connectivity index (χ0) is 12.3. The molecule has 0 saturated heterocycles. The van der Waals surface area contributed by atoms with Crippen molar-refractivity contribution in [3.05, 3.63) is 34.1 Å². The van der Waals surface area contributed by atoms with Gasteiger partial charge in [0.05, 0.1) is 17.2 Å². The Morgan fingerprint density at radius 1 is 1.47 bits per heavy atom. The average molecular weight is 282 g/mol. The van der Waals surface area contributed by atoms with Gasteiger partial charge in [-0.1, -0.05) is 31.0 Å². The Bertz CT molecular complexity index is 374. The lowest BCUT2D eigenvalue weighted by Gasteiger charge is -2.21. The molecule has 2 atom stereocenters. The molecule has 2 nitrogen and oxygen atoms in total. The highest BCUT2D eigenvalue weighted by molar-refractivity contribution is 6.32. The normalized spacial score (nSPS) is 14.0. The van der Waals surface area contributed by atoms with Crippen molar-refractivity contribution in [1.82, 2.24) is 0 Å². The van der Waals surface area contributed by atoms with Crippen LogP contribution in [0.4, 0.5) is 4.39 Å². The lowest BCUT2D eigenvalue weighted by atomic mass is 9.97. The fourth-order valence-electron chi connectivity index (χ4n) is 1.65. The molecule has 0 amide bonds. The van der Waals surface area contributed by atoms with Crippen LogP contribution in [0, 0.1) is 12.7 Å². The van der Waals surface area contributed by atoms with Crippen molar-refractivity contribution in [2.24, 2.45) is 5.73 Å². The van der Waals surface area contributed by atoms with Crippen LogP contribution in [0.3, 0.4) is 0 Å². The van der Waals surface area contributed by atoms with E-state index in [0.717, 1.165) is 12.0 Å². The molecule has 0 spiro atoms. The van der Waals surface area contributed by atoms with Crippen LogP contribution in [-0.4, -0.2) is 11.2 Å². The molecule has 0 aliphatic carbocycles. The number of hydrogen-bond acceptors (Lipinski definition) is 2. The van der Waals surface area contributed by atoms with Gasteiger partial charge in [-0.05, 0) is 25.0 Å². The molecule has 0 fully saturated rings. The topological polar surface area (TPSA) is 46.2 Å². The lowest BCUT2D eigenvalue weighted by molar-refractivity contribution is 0.133. The molecule has 98 valence electrons. The summed E-state index contributed by atoms with van der Waals surface area (Å²) in [5.41, 5.74) is 6.79. The molecule has 3 N–H and O–H groups in total. The third-order valence-electron chi connectivity index (χ3n) is 2.65. The molecule has 5 heteroatoms. The number of halogens is 3. The summed E-state index contributed by atoms with van der Waals surface area (Å²) in [7, 11) is 0. The maximum atomic E-state index is 13.6. The highest BCUT2D eigenvalue weighted by atomic mass is 35.5. The van der Waals surface area contributed by atoms with Gasteiger partial charge in [-0.3, -0.25) is 0 Å². The number of benzene rings is 1. The molecule has 1 aromatic carbocycles. The minimum Gasteiger partial charge on any atom is -0.391 e. The molecule has 1 rings (SSSR count). The number of aryl methyl sites for hydroxylation is 1. The molecule has 0 saturated carbocycles. The summed E-state index contributed by atoms with van der Waals surface area (Å²) in [4.78, 5) is 0. The molecular formula is C12H18Cl2FNO. The van der Waals surface area contributed by atoms with Gasteiger partial charge < -0.3 is 10.8 Å². The fourth-order valence-corrected chi connectivity index (χ4v) is 1.93. The monoisotopic (exact) mass is 281 g/mol. The largest absolute Gasteiger partial charge is 0.391 e. The summed E-state index contributed by atoms with van der Waals surface area (Å²) in [6.07, 6.45) is 0.559. The molecule has 17 heavy (non-hydrogen) atoms. The van der Waals surface area contributed by atoms with E-state index < -0.39 is 18.0 Å². The van der Waals surface area contributed by atoms with Gasteiger partial charge in [-0.15, -0.1) is 12.4 Å². The van der Waals surface area contributed by atoms with Crippen LogP contribution in [0.2, 0.25) is 5.02 Å². The highest BCUT2D eigenvalue weighted by Crippen LogP contribution is 2.30. The van der Waals surface area contributed by atoms with E-state index in [-0.39, 0.29) is 18.0 Å². The maximum Gasteiger partial charge on any atom is 0.129 e. The van der Waals surface area contributed by atoms with Crippen LogP contribution in [-0.2, 0) is 0 Å². The van der Waals surface area contributed by atoms with Crippen molar-refractivity contribution in [3.63, 3.8) is 0 Å². The summed E-state index contributed by atoms with van der Waals surface area (Å²) < 4.78 is 13.6. The quantitative estimate of drug-likeness (QED) is 0.889. The summed E-state index contributed by atoms with van der Waals surface area (Å²) in [6, 6.07) is 2.15. The lowest BCUT2D eigenvalue weighted by Crippen LogP contribution is -2.27. The second-order valence-electron chi connectivity index (χ2n) is 3.97. The maximum absolute atomic E-state index is 13.6. The average Bonchev–Trinajstić information content (AvgIpc) is 2.24. The predicted molar refractivity (Wildman–Crippen MR) is 71.2 cm³/mol. The fraction of sp³-hybridized carbons (Fsp3) is 0.500. The zero-order valence-electron chi connectivity index (χ0n) is 9.91. The second-order valence-corrected chi connectivity index (χ2v) is 4.35. The summed E-state index contributed by atoms with van der Waals surface area (Å²) in [5, 5.41) is 10.1. The van der Waals surface area contributed by atoms with E-state index in [4.69, 9.17) is 17.3 Å². The van der Waals surface area contributed by atoms with Crippen molar-refractivity contribution >= 4 is 24.0 Å². The first kappa shape index (κ1) is 16.6. The Hall–Kier alpha value is -0.350. The zero-order valence-corrected chi connectivity index (χ0v) is 11.5. The van der Waals surface area contributed by atoms with Crippen molar-refractivity contribution in [1.29, 1.82) is 0 Å². The second kappa shape index (κ2) is 7.17. The number of hydrogen-bond donors (Lipinski definition) is 2. The Kier molecular flexibility index (Phi) is 7.02. The number of aliphatic hydroxyl groups is 1. The smallest absolute Gasteiger partial charge is 0.129 e. The predicted octanol–water partition coefficient (Wildman–Crippen LogP) is 3.37. The molecule has 0 aliphatic rings. The Morgan fingerprint density at radius 3 is 2.59 bits per heavy atom. The van der Waals surface area contributed by atoms with Gasteiger partial charge in [0.2, 0.25) is 0 Å². The van der Waals surface area contributed by atoms with Crippen molar-refractivity contribution in [2.75, 3.05) is 0 Å². The first-order valence-electron chi connectivity index (χ1n) is 5.37. The molecule has 0 aromatic heterocycles. The van der Waals surface area contributed by atoms with Gasteiger partial charge in [0.25, 0.3) is 0 Å². The summed E-state index contributed by atoms with van der Waals surface area (Å²) in [5.74, 6) is -0.460. The van der Waals surface area contributed by atoms with Gasteiger partial charge >= 0.3 is 0 Å². The van der Waals surface area contributed by atoms with Crippen LogP contribution in [0.1, 0.15) is 36.9 Å². The molecule has 0 bridgehead atoms. The third-order valence-corrected chi connectivity index (χ3v) is 3.15. The Balaban J connectivity index is 0.00000256. The minimum atomic E-state index is -0.771. The van der Waals surface area contributed by atoms with Gasteiger partial charge in [0, 0.05) is 5.56 Å². The van der Waals surface area contributed by atoms with Crippen LogP contribution < -0.4 is 5.73 Å². The summed E-state index contributed by atoms with van der Waals surface area (Å²) in [6.45, 7) is 3.72. The van der Waals surface area contributed by atoms with Gasteiger partial charge in [-0.2, -0.15) is 0 Å². The molecule has 1 aromatic rings. The first-order valence-corrected chi connectivity index (χ1v) is 5.75. The van der Waals surface area contributed by atoms with Crippen LogP contribution in [0.25, 0.3) is 0 Å². The molecule has 0 heterocycles.